The van der Waals surface area contributed by atoms with Gasteiger partial charge in [-0.05, 0) is 28.1 Å². The Morgan fingerprint density at radius 3 is 3.00 bits per heavy atom. The first kappa shape index (κ1) is 10.9. The van der Waals surface area contributed by atoms with Crippen molar-refractivity contribution in [2.24, 2.45) is 0 Å². The number of rotatable bonds is 1. The summed E-state index contributed by atoms with van der Waals surface area (Å²) in [6, 6.07) is 7.34. The van der Waals surface area contributed by atoms with Crippen LogP contribution < -0.4 is 10.6 Å². The van der Waals surface area contributed by atoms with Crippen LogP contribution in [0.25, 0.3) is 10.9 Å². The standard InChI is InChI=1S/C11H10BrN3O/c1-13-11(16)15-9-4-2-3-7-5-8(12)6-14-10(7)9/h2-6H,1H3,(H2,13,15,16). The third-order valence-corrected chi connectivity index (χ3v) is 2.59. The van der Waals surface area contributed by atoms with Crippen molar-refractivity contribution in [3.63, 3.8) is 0 Å². The maximum atomic E-state index is 11.2. The number of benzene rings is 1. The number of aromatic nitrogens is 1. The van der Waals surface area contributed by atoms with Crippen molar-refractivity contribution in [1.29, 1.82) is 0 Å². The van der Waals surface area contributed by atoms with E-state index in [1.165, 1.54) is 0 Å². The smallest absolute Gasteiger partial charge is 0.319 e. The highest BCUT2D eigenvalue weighted by atomic mass is 79.9. The van der Waals surface area contributed by atoms with E-state index in [9.17, 15) is 4.79 Å². The van der Waals surface area contributed by atoms with Gasteiger partial charge in [-0.15, -0.1) is 0 Å². The molecule has 5 heteroatoms. The normalized spacial score (nSPS) is 10.1. The molecule has 2 aromatic rings. The zero-order valence-electron chi connectivity index (χ0n) is 8.62. The van der Waals surface area contributed by atoms with Crippen LogP contribution in [0.5, 0.6) is 0 Å². The average Bonchev–Trinajstić information content (AvgIpc) is 2.28. The van der Waals surface area contributed by atoms with Gasteiger partial charge in [-0.25, -0.2) is 4.79 Å². The summed E-state index contributed by atoms with van der Waals surface area (Å²) in [6.07, 6.45) is 1.71. The van der Waals surface area contributed by atoms with Crippen LogP contribution in [-0.4, -0.2) is 18.1 Å². The van der Waals surface area contributed by atoms with E-state index < -0.39 is 0 Å². The SMILES string of the molecule is CNC(=O)Nc1cccc2cc(Br)cnc12. The number of fused-ring (bicyclic) bond motifs is 1. The third kappa shape index (κ3) is 2.14. The molecule has 0 aliphatic heterocycles. The Hall–Kier alpha value is -1.62. The van der Waals surface area contributed by atoms with Crippen molar-refractivity contribution in [3.8, 4) is 0 Å². The quantitative estimate of drug-likeness (QED) is 0.843. The lowest BCUT2D eigenvalue weighted by Crippen LogP contribution is -2.24. The van der Waals surface area contributed by atoms with E-state index in [1.807, 2.05) is 24.3 Å². The minimum absolute atomic E-state index is 0.253. The summed E-state index contributed by atoms with van der Waals surface area (Å²) in [7, 11) is 1.57. The number of hydrogen-bond acceptors (Lipinski definition) is 2. The van der Waals surface area contributed by atoms with Crippen molar-refractivity contribution >= 4 is 38.6 Å². The number of carbonyl (C=O) groups excluding carboxylic acids is 1. The summed E-state index contributed by atoms with van der Waals surface area (Å²) in [5, 5.41) is 6.20. The third-order valence-electron chi connectivity index (χ3n) is 2.15. The molecule has 1 heterocycles. The lowest BCUT2D eigenvalue weighted by molar-refractivity contribution is 0.254. The molecule has 1 aromatic carbocycles. The summed E-state index contributed by atoms with van der Waals surface area (Å²) in [5.74, 6) is 0. The Morgan fingerprint density at radius 2 is 2.25 bits per heavy atom. The molecule has 0 aliphatic rings. The average molecular weight is 280 g/mol. The highest BCUT2D eigenvalue weighted by Crippen LogP contribution is 2.23. The van der Waals surface area contributed by atoms with Gasteiger partial charge in [-0.2, -0.15) is 0 Å². The van der Waals surface area contributed by atoms with Crippen molar-refractivity contribution in [1.82, 2.24) is 10.3 Å². The summed E-state index contributed by atoms with van der Waals surface area (Å²) in [4.78, 5) is 15.5. The Balaban J connectivity index is 2.49. The van der Waals surface area contributed by atoms with E-state index in [-0.39, 0.29) is 6.03 Å². The van der Waals surface area contributed by atoms with Gasteiger partial charge in [0.2, 0.25) is 0 Å². The van der Waals surface area contributed by atoms with Crippen LogP contribution in [0.3, 0.4) is 0 Å². The zero-order chi connectivity index (χ0) is 11.5. The number of anilines is 1. The molecule has 0 spiro atoms. The second kappa shape index (κ2) is 4.49. The molecule has 4 nitrogen and oxygen atoms in total. The highest BCUT2D eigenvalue weighted by molar-refractivity contribution is 9.10. The number of para-hydroxylation sites is 1. The van der Waals surface area contributed by atoms with Gasteiger partial charge in [0.25, 0.3) is 0 Å². The maximum Gasteiger partial charge on any atom is 0.319 e. The van der Waals surface area contributed by atoms with Gasteiger partial charge in [-0.3, -0.25) is 4.98 Å². The molecule has 0 saturated carbocycles. The molecule has 2 N–H and O–H groups in total. The molecule has 0 bridgehead atoms. The van der Waals surface area contributed by atoms with Crippen molar-refractivity contribution in [2.75, 3.05) is 12.4 Å². The minimum Gasteiger partial charge on any atom is -0.341 e. The van der Waals surface area contributed by atoms with Gasteiger partial charge in [-0.1, -0.05) is 12.1 Å². The number of nitrogens with zero attached hydrogens (tertiary/aromatic N) is 1. The monoisotopic (exact) mass is 279 g/mol. The Morgan fingerprint density at radius 1 is 1.44 bits per heavy atom. The first-order chi connectivity index (χ1) is 7.70. The molecule has 0 radical (unpaired) electrons. The molecule has 16 heavy (non-hydrogen) atoms. The molecule has 0 saturated heterocycles. The summed E-state index contributed by atoms with van der Waals surface area (Å²) >= 11 is 3.36. The fourth-order valence-corrected chi connectivity index (χ4v) is 1.77. The van der Waals surface area contributed by atoms with Crippen molar-refractivity contribution in [2.45, 2.75) is 0 Å². The lowest BCUT2D eigenvalue weighted by Gasteiger charge is -2.07. The molecule has 2 amide bonds. The second-order valence-corrected chi connectivity index (χ2v) is 4.15. The Labute approximate surface area is 101 Å². The molecule has 0 aliphatic carbocycles. The topological polar surface area (TPSA) is 54.0 Å². The van der Waals surface area contributed by atoms with E-state index in [1.54, 1.807) is 13.2 Å². The van der Waals surface area contributed by atoms with Gasteiger partial charge in [0.1, 0.15) is 0 Å². The van der Waals surface area contributed by atoms with E-state index in [0.29, 0.717) is 5.69 Å². The maximum absolute atomic E-state index is 11.2. The lowest BCUT2D eigenvalue weighted by atomic mass is 10.2. The van der Waals surface area contributed by atoms with E-state index in [2.05, 4.69) is 31.5 Å². The van der Waals surface area contributed by atoms with Crippen LogP contribution in [-0.2, 0) is 0 Å². The molecule has 0 atom stereocenters. The van der Waals surface area contributed by atoms with Crippen molar-refractivity contribution in [3.05, 3.63) is 34.9 Å². The molecule has 0 unspecified atom stereocenters. The first-order valence-corrected chi connectivity index (χ1v) is 5.53. The second-order valence-electron chi connectivity index (χ2n) is 3.23. The van der Waals surface area contributed by atoms with Gasteiger partial charge >= 0.3 is 6.03 Å². The fourth-order valence-electron chi connectivity index (χ4n) is 1.42. The Bertz CT molecular complexity index is 542. The molecule has 2 rings (SSSR count). The van der Waals surface area contributed by atoms with Crippen LogP contribution in [0.1, 0.15) is 0 Å². The number of urea groups is 1. The van der Waals surface area contributed by atoms with Crippen LogP contribution in [0, 0.1) is 0 Å². The summed E-state index contributed by atoms with van der Waals surface area (Å²) in [6.45, 7) is 0. The van der Waals surface area contributed by atoms with E-state index in [4.69, 9.17) is 0 Å². The van der Waals surface area contributed by atoms with Gasteiger partial charge in [0.05, 0.1) is 11.2 Å². The molecule has 0 fully saturated rings. The number of amides is 2. The van der Waals surface area contributed by atoms with Crippen LogP contribution >= 0.6 is 15.9 Å². The fraction of sp³-hybridized carbons (Fsp3) is 0.0909. The van der Waals surface area contributed by atoms with E-state index >= 15 is 0 Å². The number of pyridine rings is 1. The number of carbonyl (C=O) groups is 1. The minimum atomic E-state index is -0.253. The zero-order valence-corrected chi connectivity index (χ0v) is 10.2. The number of hydrogen-bond donors (Lipinski definition) is 2. The number of nitrogens with one attached hydrogen (secondary N) is 2. The predicted octanol–water partition coefficient (Wildman–Crippen LogP) is 2.75. The molecule has 1 aromatic heterocycles. The molecular weight excluding hydrogens is 270 g/mol. The number of halogens is 1. The summed E-state index contributed by atoms with van der Waals surface area (Å²) in [5.41, 5.74) is 1.47. The van der Waals surface area contributed by atoms with Gasteiger partial charge < -0.3 is 10.6 Å². The molecular formula is C11H10BrN3O. The first-order valence-electron chi connectivity index (χ1n) is 4.73. The van der Waals surface area contributed by atoms with Crippen LogP contribution in [0.4, 0.5) is 10.5 Å². The van der Waals surface area contributed by atoms with Crippen molar-refractivity contribution < 1.29 is 4.79 Å². The highest BCUT2D eigenvalue weighted by Gasteiger charge is 2.05. The van der Waals surface area contributed by atoms with Gasteiger partial charge in [0, 0.05) is 23.1 Å². The Kier molecular flexibility index (Phi) is 3.05. The van der Waals surface area contributed by atoms with Gasteiger partial charge in [0.15, 0.2) is 0 Å². The predicted molar refractivity (Wildman–Crippen MR) is 67.5 cm³/mol. The van der Waals surface area contributed by atoms with Crippen LogP contribution in [0.2, 0.25) is 0 Å². The van der Waals surface area contributed by atoms with Crippen LogP contribution in [0.15, 0.2) is 34.9 Å². The van der Waals surface area contributed by atoms with E-state index in [0.717, 1.165) is 15.4 Å². The molecule has 82 valence electrons. The largest absolute Gasteiger partial charge is 0.341 e. The summed E-state index contributed by atoms with van der Waals surface area (Å²) < 4.78 is 0.914.